The van der Waals surface area contributed by atoms with Crippen LogP contribution in [0.4, 0.5) is 0 Å². The molecule has 2 amide bonds. The third-order valence-corrected chi connectivity index (χ3v) is 7.63. The summed E-state index contributed by atoms with van der Waals surface area (Å²) in [6.45, 7) is 13.5. The van der Waals surface area contributed by atoms with Crippen LogP contribution in [0.15, 0.2) is 30.3 Å². The lowest BCUT2D eigenvalue weighted by Gasteiger charge is -2.38. The van der Waals surface area contributed by atoms with Crippen LogP contribution in [0.3, 0.4) is 0 Å². The van der Waals surface area contributed by atoms with E-state index < -0.39 is 41.6 Å². The monoisotopic (exact) mass is 567 g/mol. The second-order valence-corrected chi connectivity index (χ2v) is 11.9. The number of aromatic nitrogens is 1. The van der Waals surface area contributed by atoms with Gasteiger partial charge in [-0.3, -0.25) is 19.4 Å². The summed E-state index contributed by atoms with van der Waals surface area (Å²) in [6, 6.07) is 5.83. The van der Waals surface area contributed by atoms with Crippen molar-refractivity contribution in [2.45, 2.75) is 92.1 Å². The molecule has 10 heteroatoms. The van der Waals surface area contributed by atoms with E-state index >= 15 is 0 Å². The van der Waals surface area contributed by atoms with Gasteiger partial charge in [-0.1, -0.05) is 45.1 Å². The minimum Gasteiger partial charge on any atom is -0.480 e. The predicted octanol–water partition coefficient (Wildman–Crippen LogP) is 3.16. The number of amides is 2. The number of aliphatic hydroxyl groups excluding tert-OH is 1. The highest BCUT2D eigenvalue weighted by Crippen LogP contribution is 2.23. The topological polar surface area (TPSA) is 144 Å². The number of nitrogens with zero attached hydrogens (tertiary/aromatic N) is 2. The lowest BCUT2D eigenvalue weighted by atomic mass is 9.89. The molecule has 2 aromatic rings. The Morgan fingerprint density at radius 3 is 2.54 bits per heavy atom. The maximum Gasteiger partial charge on any atom is 0.322 e. The molecule has 2 heterocycles. The summed E-state index contributed by atoms with van der Waals surface area (Å²) < 4.78 is 0. The van der Waals surface area contributed by atoms with Crippen LogP contribution in [0.1, 0.15) is 71.2 Å². The molecule has 41 heavy (non-hydrogen) atoms. The number of nitrogens with one attached hydrogen (secondary N) is 3. The van der Waals surface area contributed by atoms with E-state index in [1.54, 1.807) is 20.8 Å². The number of pyridine rings is 1. The van der Waals surface area contributed by atoms with Gasteiger partial charge < -0.3 is 20.8 Å². The SMILES string of the molecule is CCc1nc2cc(/C=C/C(C)(C)C(=O)N[C@H](C(=O)NC(C)C(O)N3CCCC(C(=O)O)N3)C(C)C)ccc2cc1C. The molecule has 0 aliphatic carbocycles. The van der Waals surface area contributed by atoms with E-state index in [2.05, 4.69) is 36.0 Å². The number of aryl methyl sites for hydroxylation is 2. The molecule has 0 radical (unpaired) electrons. The maximum absolute atomic E-state index is 13.3. The Labute approximate surface area is 242 Å². The highest BCUT2D eigenvalue weighted by atomic mass is 16.4. The zero-order valence-electron chi connectivity index (χ0n) is 25.2. The van der Waals surface area contributed by atoms with Crippen LogP contribution in [0.5, 0.6) is 0 Å². The predicted molar refractivity (Wildman–Crippen MR) is 160 cm³/mol. The van der Waals surface area contributed by atoms with E-state index in [0.29, 0.717) is 19.4 Å². The smallest absolute Gasteiger partial charge is 0.322 e. The number of rotatable bonds is 11. The molecule has 1 fully saturated rings. The maximum atomic E-state index is 13.3. The molecule has 10 nitrogen and oxygen atoms in total. The second-order valence-electron chi connectivity index (χ2n) is 11.9. The van der Waals surface area contributed by atoms with Gasteiger partial charge in [0.2, 0.25) is 11.8 Å². The van der Waals surface area contributed by atoms with Gasteiger partial charge in [-0.05, 0) is 76.1 Å². The number of carboxylic acids is 1. The van der Waals surface area contributed by atoms with Crippen LogP contribution in [-0.4, -0.2) is 68.9 Å². The standard InChI is InChI=1S/C31H45N5O5/c1-8-23-19(4)16-22-12-11-21(17-25(22)33-23)13-14-31(6,7)30(41)34-26(18(2)3)27(37)32-20(5)28(38)36-15-9-10-24(35-36)29(39)40/h11-14,16-18,20,24,26,28,35,38H,8-10,15H2,1-7H3,(H,32,37)(H,34,41)(H,39,40)/b14-13+/t20?,24?,26-,28?/m0/s1. The van der Waals surface area contributed by atoms with E-state index in [-0.39, 0.29) is 11.8 Å². The molecule has 3 unspecified atom stereocenters. The molecular weight excluding hydrogens is 522 g/mol. The number of aliphatic hydroxyl groups is 1. The fourth-order valence-corrected chi connectivity index (χ4v) is 4.87. The fraction of sp³-hybridized carbons (Fsp3) is 0.548. The molecule has 3 rings (SSSR count). The molecule has 5 N–H and O–H groups in total. The van der Waals surface area contributed by atoms with E-state index in [4.69, 9.17) is 4.98 Å². The van der Waals surface area contributed by atoms with Gasteiger partial charge in [-0.2, -0.15) is 0 Å². The number of carboxylic acid groups (broad SMARTS) is 1. The number of aliphatic carboxylic acids is 1. The lowest BCUT2D eigenvalue weighted by Crippen LogP contribution is -2.62. The number of carbonyl (C=O) groups is 3. The Kier molecular flexibility index (Phi) is 10.6. The van der Waals surface area contributed by atoms with Crippen molar-refractivity contribution in [1.82, 2.24) is 26.1 Å². The molecule has 1 aliphatic heterocycles. The number of benzene rings is 1. The van der Waals surface area contributed by atoms with Gasteiger partial charge in [0.25, 0.3) is 0 Å². The normalized spacial score (nSPS) is 18.8. The number of hydrogen-bond acceptors (Lipinski definition) is 7. The number of hydrogen-bond donors (Lipinski definition) is 5. The minimum absolute atomic E-state index is 0.213. The first kappa shape index (κ1) is 32.2. The number of hydrazine groups is 1. The Hall–Kier alpha value is -3.34. The molecule has 1 saturated heterocycles. The van der Waals surface area contributed by atoms with Crippen molar-refractivity contribution in [3.8, 4) is 0 Å². The summed E-state index contributed by atoms with van der Waals surface area (Å²) in [7, 11) is 0. The van der Waals surface area contributed by atoms with Crippen LogP contribution >= 0.6 is 0 Å². The van der Waals surface area contributed by atoms with Crippen LogP contribution in [0.2, 0.25) is 0 Å². The summed E-state index contributed by atoms with van der Waals surface area (Å²) in [4.78, 5) is 42.7. The molecule has 1 aliphatic rings. The highest BCUT2D eigenvalue weighted by Gasteiger charge is 2.34. The molecule has 1 aromatic carbocycles. The number of carbonyl (C=O) groups excluding carboxylic acids is 2. The third kappa shape index (κ3) is 8.12. The van der Waals surface area contributed by atoms with Crippen molar-refractivity contribution in [3.05, 3.63) is 47.2 Å². The average molecular weight is 568 g/mol. The van der Waals surface area contributed by atoms with E-state index in [1.807, 2.05) is 44.2 Å². The Morgan fingerprint density at radius 1 is 1.20 bits per heavy atom. The van der Waals surface area contributed by atoms with Gasteiger partial charge in [-0.25, -0.2) is 10.4 Å². The van der Waals surface area contributed by atoms with Crippen molar-refractivity contribution in [3.63, 3.8) is 0 Å². The van der Waals surface area contributed by atoms with Crippen molar-refractivity contribution >= 4 is 34.8 Å². The molecule has 0 saturated carbocycles. The van der Waals surface area contributed by atoms with Crippen LogP contribution < -0.4 is 16.1 Å². The Morgan fingerprint density at radius 2 is 1.90 bits per heavy atom. The van der Waals surface area contributed by atoms with Gasteiger partial charge in [0.05, 0.1) is 17.0 Å². The van der Waals surface area contributed by atoms with Crippen molar-refractivity contribution in [2.24, 2.45) is 11.3 Å². The molecule has 0 spiro atoms. The summed E-state index contributed by atoms with van der Waals surface area (Å²) in [5.41, 5.74) is 5.96. The largest absolute Gasteiger partial charge is 0.480 e. The first-order valence-corrected chi connectivity index (χ1v) is 14.4. The van der Waals surface area contributed by atoms with Gasteiger partial charge in [0, 0.05) is 17.6 Å². The summed E-state index contributed by atoms with van der Waals surface area (Å²) in [5.74, 6) is -1.93. The molecule has 224 valence electrons. The summed E-state index contributed by atoms with van der Waals surface area (Å²) >= 11 is 0. The molecular formula is C31H45N5O5. The Bertz CT molecular complexity index is 1290. The lowest BCUT2D eigenvalue weighted by molar-refractivity contribution is -0.147. The number of fused-ring (bicyclic) bond motifs is 1. The van der Waals surface area contributed by atoms with Crippen LogP contribution in [0, 0.1) is 18.3 Å². The van der Waals surface area contributed by atoms with Gasteiger partial charge in [0.1, 0.15) is 18.3 Å². The Balaban J connectivity index is 1.66. The zero-order valence-corrected chi connectivity index (χ0v) is 25.2. The minimum atomic E-state index is -1.14. The summed E-state index contributed by atoms with van der Waals surface area (Å²) in [5, 5.41) is 28.2. The second kappa shape index (κ2) is 13.5. The highest BCUT2D eigenvalue weighted by molar-refractivity contribution is 5.91. The summed E-state index contributed by atoms with van der Waals surface area (Å²) in [6.07, 6.45) is 4.49. The van der Waals surface area contributed by atoms with Crippen LogP contribution in [-0.2, 0) is 20.8 Å². The molecule has 0 bridgehead atoms. The van der Waals surface area contributed by atoms with Crippen LogP contribution in [0.25, 0.3) is 17.0 Å². The van der Waals surface area contributed by atoms with E-state index in [0.717, 1.165) is 28.6 Å². The van der Waals surface area contributed by atoms with Crippen molar-refractivity contribution in [1.29, 1.82) is 0 Å². The first-order chi connectivity index (χ1) is 19.2. The fourth-order valence-electron chi connectivity index (χ4n) is 4.87. The van der Waals surface area contributed by atoms with Crippen molar-refractivity contribution in [2.75, 3.05) is 6.54 Å². The van der Waals surface area contributed by atoms with Gasteiger partial charge >= 0.3 is 5.97 Å². The zero-order chi connectivity index (χ0) is 30.5. The van der Waals surface area contributed by atoms with Crippen molar-refractivity contribution < 1.29 is 24.6 Å². The third-order valence-electron chi connectivity index (χ3n) is 7.63. The first-order valence-electron chi connectivity index (χ1n) is 14.4. The average Bonchev–Trinajstić information content (AvgIpc) is 2.93. The van der Waals surface area contributed by atoms with Gasteiger partial charge in [0.15, 0.2) is 0 Å². The molecule has 1 aromatic heterocycles. The molecule has 4 atom stereocenters. The quantitative estimate of drug-likeness (QED) is 0.279. The van der Waals surface area contributed by atoms with Gasteiger partial charge in [-0.15, -0.1) is 0 Å². The van der Waals surface area contributed by atoms with E-state index in [1.165, 1.54) is 10.6 Å². The van der Waals surface area contributed by atoms with E-state index in [9.17, 15) is 24.6 Å².